The Morgan fingerprint density at radius 3 is 2.65 bits per heavy atom. The number of amides is 2. The zero-order chi connectivity index (χ0) is 16.3. The fraction of sp³-hybridized carbons (Fsp3) is 0.611. The highest BCUT2D eigenvalue weighted by atomic mass is 16.5. The van der Waals surface area contributed by atoms with Gasteiger partial charge in [0.05, 0.1) is 19.3 Å². The minimum absolute atomic E-state index is 0.0358. The van der Waals surface area contributed by atoms with E-state index in [-0.39, 0.29) is 12.1 Å². The molecule has 0 bridgehead atoms. The Morgan fingerprint density at radius 2 is 1.96 bits per heavy atom. The number of nitrogens with one attached hydrogen (secondary N) is 1. The average molecular weight is 320 g/mol. The van der Waals surface area contributed by atoms with Crippen LogP contribution in [-0.2, 0) is 15.9 Å². The van der Waals surface area contributed by atoms with Crippen LogP contribution in [0.4, 0.5) is 4.79 Å². The lowest BCUT2D eigenvalue weighted by molar-refractivity contribution is -0.0158. The monoisotopic (exact) mass is 320 g/mol. The summed E-state index contributed by atoms with van der Waals surface area (Å²) >= 11 is 0. The summed E-state index contributed by atoms with van der Waals surface area (Å²) in [5.41, 5.74) is 1.24. The van der Waals surface area contributed by atoms with E-state index >= 15 is 0 Å². The first-order valence-electron chi connectivity index (χ1n) is 8.55. The van der Waals surface area contributed by atoms with E-state index in [1.165, 1.54) is 5.56 Å². The van der Waals surface area contributed by atoms with Gasteiger partial charge in [-0.1, -0.05) is 30.3 Å². The molecule has 0 unspecified atom stereocenters. The van der Waals surface area contributed by atoms with Gasteiger partial charge in [-0.05, 0) is 31.7 Å². The summed E-state index contributed by atoms with van der Waals surface area (Å²) in [5.74, 6) is 0. The third-order valence-corrected chi connectivity index (χ3v) is 4.05. The average Bonchev–Trinajstić information content (AvgIpc) is 2.60. The molecule has 0 atom stereocenters. The van der Waals surface area contributed by atoms with Crippen LogP contribution in [-0.4, -0.2) is 56.5 Å². The van der Waals surface area contributed by atoms with Crippen LogP contribution in [0.5, 0.6) is 0 Å². The van der Waals surface area contributed by atoms with E-state index in [2.05, 4.69) is 17.4 Å². The van der Waals surface area contributed by atoms with E-state index in [9.17, 15) is 4.79 Å². The van der Waals surface area contributed by atoms with Gasteiger partial charge in [0.2, 0.25) is 0 Å². The summed E-state index contributed by atoms with van der Waals surface area (Å²) in [4.78, 5) is 14.0. The number of nitrogens with zero attached hydrogens (tertiary/aromatic N) is 1. The van der Waals surface area contributed by atoms with E-state index in [4.69, 9.17) is 9.47 Å². The molecule has 0 aromatic heterocycles. The minimum atomic E-state index is 0.0358. The number of ether oxygens (including phenoxy) is 2. The Labute approximate surface area is 139 Å². The van der Waals surface area contributed by atoms with Crippen LogP contribution < -0.4 is 5.32 Å². The van der Waals surface area contributed by atoms with E-state index in [1.807, 2.05) is 30.0 Å². The van der Waals surface area contributed by atoms with Crippen LogP contribution >= 0.6 is 0 Å². The molecule has 5 heteroatoms. The number of carbonyl (C=O) groups excluding carboxylic acids is 1. The number of likely N-dealkylation sites (tertiary alicyclic amines) is 1. The molecule has 0 spiro atoms. The Bertz CT molecular complexity index is 445. The molecule has 1 aromatic carbocycles. The normalized spacial score (nSPS) is 15.6. The Morgan fingerprint density at radius 1 is 1.22 bits per heavy atom. The molecule has 1 aromatic rings. The van der Waals surface area contributed by atoms with Gasteiger partial charge in [0, 0.05) is 26.2 Å². The number of hydrogen-bond donors (Lipinski definition) is 1. The molecule has 0 aliphatic carbocycles. The number of piperidine rings is 1. The summed E-state index contributed by atoms with van der Waals surface area (Å²) in [6.45, 7) is 6.19. The van der Waals surface area contributed by atoms with Crippen LogP contribution in [0, 0.1) is 0 Å². The molecule has 0 radical (unpaired) electrons. The molecule has 1 heterocycles. The zero-order valence-electron chi connectivity index (χ0n) is 14.0. The highest BCUT2D eigenvalue weighted by Gasteiger charge is 2.22. The summed E-state index contributed by atoms with van der Waals surface area (Å²) in [7, 11) is 0. The van der Waals surface area contributed by atoms with Gasteiger partial charge in [-0.15, -0.1) is 0 Å². The van der Waals surface area contributed by atoms with E-state index in [1.54, 1.807) is 0 Å². The first-order valence-corrected chi connectivity index (χ1v) is 8.55. The van der Waals surface area contributed by atoms with Crippen LogP contribution in [0.1, 0.15) is 25.3 Å². The molecule has 5 nitrogen and oxygen atoms in total. The van der Waals surface area contributed by atoms with Gasteiger partial charge in [-0.25, -0.2) is 4.79 Å². The van der Waals surface area contributed by atoms with Gasteiger partial charge in [0.15, 0.2) is 0 Å². The van der Waals surface area contributed by atoms with Crippen molar-refractivity contribution in [3.63, 3.8) is 0 Å². The molecule has 2 amide bonds. The molecule has 1 N–H and O–H groups in total. The maximum absolute atomic E-state index is 12.1. The van der Waals surface area contributed by atoms with Crippen molar-refractivity contribution in [3.05, 3.63) is 35.9 Å². The SMILES string of the molecule is CCOCCOC1CCN(C(=O)NCCc2ccccc2)CC1. The Balaban J connectivity index is 1.58. The van der Waals surface area contributed by atoms with Crippen molar-refractivity contribution in [2.24, 2.45) is 0 Å². The van der Waals surface area contributed by atoms with Crippen molar-refractivity contribution >= 4 is 6.03 Å². The zero-order valence-corrected chi connectivity index (χ0v) is 14.0. The van der Waals surface area contributed by atoms with Crippen molar-refractivity contribution in [3.8, 4) is 0 Å². The third kappa shape index (κ3) is 6.59. The summed E-state index contributed by atoms with van der Waals surface area (Å²) < 4.78 is 11.0. The fourth-order valence-corrected chi connectivity index (χ4v) is 2.71. The summed E-state index contributed by atoms with van der Waals surface area (Å²) in [5, 5.41) is 3.00. The maximum Gasteiger partial charge on any atom is 0.317 e. The molecule has 1 aliphatic heterocycles. The second kappa shape index (κ2) is 10.2. The lowest BCUT2D eigenvalue weighted by Crippen LogP contribution is -2.46. The van der Waals surface area contributed by atoms with Gasteiger partial charge in [-0.2, -0.15) is 0 Å². The Hall–Kier alpha value is -1.59. The predicted octanol–water partition coefficient (Wildman–Crippen LogP) is 2.46. The highest BCUT2D eigenvalue weighted by Crippen LogP contribution is 2.13. The fourth-order valence-electron chi connectivity index (χ4n) is 2.71. The molecule has 128 valence electrons. The molecule has 23 heavy (non-hydrogen) atoms. The molecule has 1 saturated heterocycles. The van der Waals surface area contributed by atoms with Gasteiger partial charge in [0.25, 0.3) is 0 Å². The lowest BCUT2D eigenvalue weighted by Gasteiger charge is -2.32. The van der Waals surface area contributed by atoms with Crippen molar-refractivity contribution in [1.29, 1.82) is 0 Å². The predicted molar refractivity (Wildman–Crippen MR) is 90.6 cm³/mol. The van der Waals surface area contributed by atoms with Crippen molar-refractivity contribution in [2.75, 3.05) is 39.5 Å². The topological polar surface area (TPSA) is 50.8 Å². The van der Waals surface area contributed by atoms with Crippen molar-refractivity contribution < 1.29 is 14.3 Å². The van der Waals surface area contributed by atoms with E-state index in [0.29, 0.717) is 19.8 Å². The van der Waals surface area contributed by atoms with Gasteiger partial charge in [0.1, 0.15) is 0 Å². The number of urea groups is 1. The van der Waals surface area contributed by atoms with Crippen molar-refractivity contribution in [2.45, 2.75) is 32.3 Å². The minimum Gasteiger partial charge on any atom is -0.379 e. The number of carbonyl (C=O) groups is 1. The van der Waals surface area contributed by atoms with Crippen molar-refractivity contribution in [1.82, 2.24) is 10.2 Å². The smallest absolute Gasteiger partial charge is 0.317 e. The van der Waals surface area contributed by atoms with Crippen LogP contribution in [0.25, 0.3) is 0 Å². The molecular formula is C18H28N2O3. The van der Waals surface area contributed by atoms with Gasteiger partial charge >= 0.3 is 6.03 Å². The molecule has 0 saturated carbocycles. The third-order valence-electron chi connectivity index (χ3n) is 4.05. The highest BCUT2D eigenvalue weighted by molar-refractivity contribution is 5.74. The second-order valence-electron chi connectivity index (χ2n) is 5.72. The largest absolute Gasteiger partial charge is 0.379 e. The Kier molecular flexibility index (Phi) is 7.90. The quantitative estimate of drug-likeness (QED) is 0.749. The number of rotatable bonds is 8. The summed E-state index contributed by atoms with van der Waals surface area (Å²) in [6, 6.07) is 10.2. The first-order chi connectivity index (χ1) is 11.3. The molecule has 2 rings (SSSR count). The number of hydrogen-bond acceptors (Lipinski definition) is 3. The molecular weight excluding hydrogens is 292 g/mol. The van der Waals surface area contributed by atoms with E-state index in [0.717, 1.165) is 39.0 Å². The van der Waals surface area contributed by atoms with Crippen LogP contribution in [0.2, 0.25) is 0 Å². The second-order valence-corrected chi connectivity index (χ2v) is 5.72. The van der Waals surface area contributed by atoms with Gasteiger partial charge in [-0.3, -0.25) is 0 Å². The molecule has 1 fully saturated rings. The summed E-state index contributed by atoms with van der Waals surface area (Å²) in [6.07, 6.45) is 2.92. The molecule has 1 aliphatic rings. The van der Waals surface area contributed by atoms with Gasteiger partial charge < -0.3 is 19.7 Å². The van der Waals surface area contributed by atoms with Crippen LogP contribution in [0.3, 0.4) is 0 Å². The standard InChI is InChI=1S/C18H28N2O3/c1-2-22-14-15-23-17-9-12-20(13-10-17)18(21)19-11-8-16-6-4-3-5-7-16/h3-7,17H,2,8-15H2,1H3,(H,19,21). The van der Waals surface area contributed by atoms with Crippen LogP contribution in [0.15, 0.2) is 30.3 Å². The lowest BCUT2D eigenvalue weighted by atomic mass is 10.1. The maximum atomic E-state index is 12.1. The number of benzene rings is 1. The first kappa shape index (κ1) is 17.8. The van der Waals surface area contributed by atoms with E-state index < -0.39 is 0 Å².